The van der Waals surface area contributed by atoms with Gasteiger partial charge in [0.25, 0.3) is 0 Å². The molecule has 13 heavy (non-hydrogen) atoms. The van der Waals surface area contributed by atoms with Crippen molar-refractivity contribution in [2.45, 2.75) is 0 Å². The highest BCUT2D eigenvalue weighted by atomic mass is 16.5. The van der Waals surface area contributed by atoms with Gasteiger partial charge in [0.2, 0.25) is 5.91 Å². The van der Waals surface area contributed by atoms with Gasteiger partial charge in [-0.2, -0.15) is 0 Å². The smallest absolute Gasteiger partial charge is 0.248 e. The van der Waals surface area contributed by atoms with E-state index in [0.717, 1.165) is 0 Å². The fraction of sp³-hybridized carbons (Fsp3) is 0.875. The van der Waals surface area contributed by atoms with Crippen LogP contribution in [0, 0.1) is 0 Å². The average molecular weight is 191 g/mol. The summed E-state index contributed by atoms with van der Waals surface area (Å²) in [4.78, 5) is 12.8. The normalized spacial score (nSPS) is 10.1. The third kappa shape index (κ3) is 5.57. The van der Waals surface area contributed by atoms with Crippen LogP contribution in [0.2, 0.25) is 0 Å². The van der Waals surface area contributed by atoms with Crippen molar-refractivity contribution in [3.05, 3.63) is 0 Å². The lowest BCUT2D eigenvalue weighted by atomic mass is 10.4. The number of amides is 1. The van der Waals surface area contributed by atoms with Crippen LogP contribution in [0.15, 0.2) is 0 Å². The Morgan fingerprint density at radius 3 is 2.46 bits per heavy atom. The molecule has 0 radical (unpaired) electrons. The Kier molecular flexibility index (Phi) is 7.57. The van der Waals surface area contributed by atoms with Crippen LogP contribution in [0.1, 0.15) is 0 Å². The molecule has 0 aliphatic rings. The lowest BCUT2D eigenvalue weighted by Crippen LogP contribution is -2.38. The van der Waals surface area contributed by atoms with Crippen LogP contribution >= 0.6 is 0 Å². The van der Waals surface area contributed by atoms with Gasteiger partial charge in [0.05, 0.1) is 13.2 Å². The Balaban J connectivity index is 3.83. The summed E-state index contributed by atoms with van der Waals surface area (Å²) in [5.41, 5.74) is 0. The second-order valence-electron chi connectivity index (χ2n) is 2.53. The topological polar surface area (TPSA) is 59.0 Å². The quantitative estimate of drug-likeness (QED) is 0.566. The first-order valence-electron chi connectivity index (χ1n) is 4.12. The first-order valence-corrected chi connectivity index (χ1v) is 4.12. The predicted octanol–water partition coefficient (Wildman–Crippen LogP) is -0.900. The van der Waals surface area contributed by atoms with Crippen molar-refractivity contribution in [2.24, 2.45) is 0 Å². The van der Waals surface area contributed by atoms with Crippen molar-refractivity contribution >= 4 is 5.91 Å². The SMILES string of the molecule is COCCN(CCO)C(=O)COC. The molecular weight excluding hydrogens is 174 g/mol. The monoisotopic (exact) mass is 191 g/mol. The lowest BCUT2D eigenvalue weighted by molar-refractivity contribution is -0.136. The van der Waals surface area contributed by atoms with E-state index in [-0.39, 0.29) is 19.1 Å². The van der Waals surface area contributed by atoms with Gasteiger partial charge >= 0.3 is 0 Å². The number of rotatable bonds is 7. The van der Waals surface area contributed by atoms with E-state index in [1.165, 1.54) is 12.0 Å². The molecule has 0 fully saturated rings. The summed E-state index contributed by atoms with van der Waals surface area (Å²) in [5.74, 6) is -0.131. The molecule has 0 saturated heterocycles. The van der Waals surface area contributed by atoms with Crippen LogP contribution in [0.3, 0.4) is 0 Å². The molecule has 1 amide bonds. The predicted molar refractivity (Wildman–Crippen MR) is 47.4 cm³/mol. The number of carbonyl (C=O) groups excluding carboxylic acids is 1. The van der Waals surface area contributed by atoms with Gasteiger partial charge < -0.3 is 19.5 Å². The van der Waals surface area contributed by atoms with Crippen LogP contribution in [0.5, 0.6) is 0 Å². The van der Waals surface area contributed by atoms with Crippen LogP contribution in [-0.4, -0.2) is 63.0 Å². The van der Waals surface area contributed by atoms with Crippen LogP contribution in [-0.2, 0) is 14.3 Å². The summed E-state index contributed by atoms with van der Waals surface area (Å²) in [7, 11) is 3.03. The van der Waals surface area contributed by atoms with Crippen molar-refractivity contribution in [1.82, 2.24) is 4.90 Å². The largest absolute Gasteiger partial charge is 0.395 e. The number of ether oxygens (including phenoxy) is 2. The molecule has 0 aromatic heterocycles. The number of methoxy groups -OCH3 is 2. The minimum absolute atomic E-state index is 0.0425. The zero-order chi connectivity index (χ0) is 10.1. The number of hydrogen-bond donors (Lipinski definition) is 1. The standard InChI is InChI=1S/C8H17NO4/c1-12-6-4-9(3-5-10)8(11)7-13-2/h10H,3-7H2,1-2H3. The third-order valence-electron chi connectivity index (χ3n) is 1.56. The molecule has 0 unspecified atom stereocenters. The number of carbonyl (C=O) groups is 1. The summed E-state index contributed by atoms with van der Waals surface area (Å²) >= 11 is 0. The van der Waals surface area contributed by atoms with E-state index in [1.807, 2.05) is 0 Å². The second-order valence-corrected chi connectivity index (χ2v) is 2.53. The molecule has 1 N–H and O–H groups in total. The van der Waals surface area contributed by atoms with Crippen LogP contribution < -0.4 is 0 Å². The first kappa shape index (κ1) is 12.3. The van der Waals surface area contributed by atoms with Gasteiger partial charge in [0.1, 0.15) is 6.61 Å². The number of hydrogen-bond acceptors (Lipinski definition) is 4. The van der Waals surface area contributed by atoms with E-state index >= 15 is 0 Å². The maximum atomic E-state index is 11.3. The highest BCUT2D eigenvalue weighted by Gasteiger charge is 2.11. The van der Waals surface area contributed by atoms with Crippen molar-refractivity contribution in [2.75, 3.05) is 47.1 Å². The maximum absolute atomic E-state index is 11.3. The molecule has 0 aromatic carbocycles. The van der Waals surface area contributed by atoms with E-state index in [2.05, 4.69) is 0 Å². The molecule has 0 saturated carbocycles. The van der Waals surface area contributed by atoms with Gasteiger partial charge in [-0.25, -0.2) is 0 Å². The zero-order valence-electron chi connectivity index (χ0n) is 8.15. The molecule has 5 heteroatoms. The molecule has 0 spiro atoms. The van der Waals surface area contributed by atoms with Crippen LogP contribution in [0.25, 0.3) is 0 Å². The van der Waals surface area contributed by atoms with Gasteiger partial charge in [-0.3, -0.25) is 4.79 Å². The molecule has 78 valence electrons. The molecule has 5 nitrogen and oxygen atoms in total. The second kappa shape index (κ2) is 7.97. The van der Waals surface area contributed by atoms with Crippen molar-refractivity contribution < 1.29 is 19.4 Å². The minimum atomic E-state index is -0.131. The van der Waals surface area contributed by atoms with Gasteiger partial charge in [0, 0.05) is 27.3 Å². The van der Waals surface area contributed by atoms with E-state index in [4.69, 9.17) is 14.6 Å². The maximum Gasteiger partial charge on any atom is 0.248 e. The van der Waals surface area contributed by atoms with E-state index in [0.29, 0.717) is 19.7 Å². The molecule has 0 atom stereocenters. The number of nitrogens with zero attached hydrogens (tertiary/aromatic N) is 1. The third-order valence-corrected chi connectivity index (χ3v) is 1.56. The molecule has 0 heterocycles. The Morgan fingerprint density at radius 2 is 2.00 bits per heavy atom. The highest BCUT2D eigenvalue weighted by molar-refractivity contribution is 5.77. The molecule has 0 bridgehead atoms. The lowest BCUT2D eigenvalue weighted by Gasteiger charge is -2.20. The summed E-state index contributed by atoms with van der Waals surface area (Å²) in [6.07, 6.45) is 0. The number of aliphatic hydroxyl groups excluding tert-OH is 1. The highest BCUT2D eigenvalue weighted by Crippen LogP contribution is 1.90. The Bertz CT molecular complexity index is 140. The fourth-order valence-corrected chi connectivity index (χ4v) is 0.898. The van der Waals surface area contributed by atoms with E-state index < -0.39 is 0 Å². The molecule has 0 aliphatic heterocycles. The zero-order valence-corrected chi connectivity index (χ0v) is 8.15. The van der Waals surface area contributed by atoms with Gasteiger partial charge in [0.15, 0.2) is 0 Å². The van der Waals surface area contributed by atoms with Gasteiger partial charge in [-0.1, -0.05) is 0 Å². The van der Waals surface area contributed by atoms with Crippen molar-refractivity contribution in [1.29, 1.82) is 0 Å². The van der Waals surface area contributed by atoms with Gasteiger partial charge in [-0.15, -0.1) is 0 Å². The Morgan fingerprint density at radius 1 is 1.31 bits per heavy atom. The molecular formula is C8H17NO4. The average Bonchev–Trinajstić information content (AvgIpc) is 2.12. The Labute approximate surface area is 78.2 Å². The van der Waals surface area contributed by atoms with E-state index in [9.17, 15) is 4.79 Å². The first-order chi connectivity index (χ1) is 6.26. The molecule has 0 rings (SSSR count). The number of aliphatic hydroxyl groups is 1. The molecule has 0 aliphatic carbocycles. The molecule has 0 aromatic rings. The van der Waals surface area contributed by atoms with Crippen LogP contribution in [0.4, 0.5) is 0 Å². The summed E-state index contributed by atoms with van der Waals surface area (Å²) in [5, 5.41) is 8.68. The minimum Gasteiger partial charge on any atom is -0.395 e. The summed E-state index contributed by atoms with van der Waals surface area (Å²) < 4.78 is 9.53. The summed E-state index contributed by atoms with van der Waals surface area (Å²) in [6.45, 7) is 1.28. The van der Waals surface area contributed by atoms with Gasteiger partial charge in [-0.05, 0) is 0 Å². The van der Waals surface area contributed by atoms with Crippen molar-refractivity contribution in [3.63, 3.8) is 0 Å². The summed E-state index contributed by atoms with van der Waals surface area (Å²) in [6, 6.07) is 0. The Hall–Kier alpha value is -0.650. The van der Waals surface area contributed by atoms with Crippen molar-refractivity contribution in [3.8, 4) is 0 Å². The fourth-order valence-electron chi connectivity index (χ4n) is 0.898. The van der Waals surface area contributed by atoms with E-state index in [1.54, 1.807) is 7.11 Å².